The zero-order chi connectivity index (χ0) is 21.8. The number of aryl methyl sites for hydroxylation is 1. The quantitative estimate of drug-likeness (QED) is 0.451. The molecule has 0 saturated carbocycles. The van der Waals surface area contributed by atoms with Gasteiger partial charge in [0.05, 0.1) is 6.54 Å². The summed E-state index contributed by atoms with van der Waals surface area (Å²) in [5, 5.41) is 13.0. The molecule has 4 rings (SSSR count). The maximum atomic E-state index is 12.6. The number of fused-ring (bicyclic) bond motifs is 1. The highest BCUT2D eigenvalue weighted by Gasteiger charge is 2.40. The van der Waals surface area contributed by atoms with Crippen molar-refractivity contribution in [1.82, 2.24) is 30.8 Å². The Morgan fingerprint density at radius 3 is 3.06 bits per heavy atom. The van der Waals surface area contributed by atoms with Gasteiger partial charge in [0.25, 0.3) is 0 Å². The lowest BCUT2D eigenvalue weighted by molar-refractivity contribution is 0.155. The molecule has 0 aliphatic carbocycles. The van der Waals surface area contributed by atoms with E-state index in [1.165, 1.54) is 0 Å². The fourth-order valence-electron chi connectivity index (χ4n) is 4.22. The van der Waals surface area contributed by atoms with Crippen LogP contribution in [0.1, 0.15) is 44.5 Å². The fourth-order valence-corrected chi connectivity index (χ4v) is 4.22. The number of hydrogen-bond acceptors (Lipinski definition) is 7. The second-order valence-corrected chi connectivity index (χ2v) is 8.17. The minimum atomic E-state index is -0.742. The normalized spacial score (nSPS) is 24.1. The molecule has 0 spiro atoms. The third kappa shape index (κ3) is 4.23. The summed E-state index contributed by atoms with van der Waals surface area (Å²) in [6, 6.07) is -0.0965. The highest BCUT2D eigenvalue weighted by Crippen LogP contribution is 2.30. The van der Waals surface area contributed by atoms with Crippen molar-refractivity contribution in [3.63, 3.8) is 0 Å². The molecule has 9 heteroatoms. The van der Waals surface area contributed by atoms with E-state index in [2.05, 4.69) is 39.3 Å². The van der Waals surface area contributed by atoms with Crippen LogP contribution in [0.2, 0.25) is 0 Å². The predicted octanol–water partition coefficient (Wildman–Crippen LogP) is 1.63. The van der Waals surface area contributed by atoms with E-state index in [0.29, 0.717) is 25.5 Å². The number of aromatic nitrogens is 2. The molecule has 9 nitrogen and oxygen atoms in total. The van der Waals surface area contributed by atoms with Crippen LogP contribution in [-0.4, -0.2) is 52.4 Å². The Kier molecular flexibility index (Phi) is 6.13. The van der Waals surface area contributed by atoms with Crippen LogP contribution in [-0.2, 0) is 6.42 Å². The number of anilines is 1. The zero-order valence-corrected chi connectivity index (χ0v) is 18.2. The highest BCUT2D eigenvalue weighted by molar-refractivity contribution is 5.80. The van der Waals surface area contributed by atoms with Crippen LogP contribution in [0.4, 0.5) is 10.6 Å². The minimum Gasteiger partial charge on any atom is -0.368 e. The average molecular weight is 425 g/mol. The molecule has 2 amide bonds. The number of carbonyl (C=O) groups is 1. The maximum Gasteiger partial charge on any atom is 0.318 e. The van der Waals surface area contributed by atoms with Crippen molar-refractivity contribution < 1.29 is 4.79 Å². The van der Waals surface area contributed by atoms with Crippen LogP contribution < -0.4 is 27.0 Å². The molecular formula is C22H32N8O. The van der Waals surface area contributed by atoms with E-state index in [9.17, 15) is 4.79 Å². The molecule has 166 valence electrons. The zero-order valence-electron chi connectivity index (χ0n) is 18.2. The molecule has 4 heterocycles. The molecule has 0 aromatic carbocycles. The van der Waals surface area contributed by atoms with E-state index in [4.69, 9.17) is 10.7 Å². The summed E-state index contributed by atoms with van der Waals surface area (Å²) in [5.41, 5.74) is 9.04. The number of nitrogens with zero attached hydrogens (tertiary/aromatic N) is 3. The highest BCUT2D eigenvalue weighted by atomic mass is 16.2. The average Bonchev–Trinajstić information content (AvgIpc) is 3.40. The van der Waals surface area contributed by atoms with Crippen molar-refractivity contribution in [3.05, 3.63) is 47.7 Å². The van der Waals surface area contributed by atoms with Crippen LogP contribution in [0.5, 0.6) is 0 Å². The van der Waals surface area contributed by atoms with Gasteiger partial charge in [-0.15, -0.1) is 0 Å². The molecular weight excluding hydrogens is 392 g/mol. The van der Waals surface area contributed by atoms with Gasteiger partial charge in [0.2, 0.25) is 0 Å². The molecule has 0 bridgehead atoms. The van der Waals surface area contributed by atoms with Gasteiger partial charge >= 0.3 is 6.03 Å². The van der Waals surface area contributed by atoms with Gasteiger partial charge in [-0.1, -0.05) is 19.9 Å². The monoisotopic (exact) mass is 424 g/mol. The Morgan fingerprint density at radius 2 is 2.26 bits per heavy atom. The first kappa shape index (κ1) is 21.2. The Morgan fingerprint density at radius 1 is 1.39 bits per heavy atom. The van der Waals surface area contributed by atoms with Crippen LogP contribution >= 0.6 is 0 Å². The number of rotatable bonds is 7. The number of nitrogens with two attached hydrogens (primary N) is 1. The molecule has 3 aliphatic heterocycles. The number of carbonyl (C=O) groups excluding carboxylic acids is 1. The third-order valence-corrected chi connectivity index (χ3v) is 6.00. The van der Waals surface area contributed by atoms with Gasteiger partial charge in [0.1, 0.15) is 17.6 Å². The number of nitrogens with one attached hydrogen (secondary N) is 4. The molecule has 1 aromatic heterocycles. The summed E-state index contributed by atoms with van der Waals surface area (Å²) in [7, 11) is 0. The Labute approximate surface area is 183 Å². The Bertz CT molecular complexity index is 924. The fraction of sp³-hybridized carbons (Fsp3) is 0.500. The van der Waals surface area contributed by atoms with Crippen molar-refractivity contribution in [1.29, 1.82) is 0 Å². The molecule has 3 aliphatic rings. The first-order valence-electron chi connectivity index (χ1n) is 11.1. The molecule has 6 N–H and O–H groups in total. The summed E-state index contributed by atoms with van der Waals surface area (Å²) in [4.78, 5) is 23.7. The first-order chi connectivity index (χ1) is 15.1. The van der Waals surface area contributed by atoms with Crippen molar-refractivity contribution >= 4 is 17.4 Å². The van der Waals surface area contributed by atoms with E-state index in [1.54, 1.807) is 4.90 Å². The van der Waals surface area contributed by atoms with Crippen LogP contribution in [0.3, 0.4) is 0 Å². The van der Waals surface area contributed by atoms with E-state index in [1.807, 2.05) is 31.6 Å². The number of urea groups is 1. The molecule has 1 aromatic rings. The van der Waals surface area contributed by atoms with E-state index in [0.717, 1.165) is 48.2 Å². The van der Waals surface area contributed by atoms with Gasteiger partial charge in [-0.05, 0) is 38.0 Å². The summed E-state index contributed by atoms with van der Waals surface area (Å²) in [6.45, 7) is 5.86. The van der Waals surface area contributed by atoms with E-state index < -0.39 is 5.66 Å². The van der Waals surface area contributed by atoms with Gasteiger partial charge < -0.3 is 31.9 Å². The number of likely N-dealkylation sites (tertiary alicyclic amines) is 1. The number of amides is 2. The van der Waals surface area contributed by atoms with E-state index in [-0.39, 0.29) is 12.2 Å². The molecule has 1 fully saturated rings. The van der Waals surface area contributed by atoms with Crippen molar-refractivity contribution in [2.45, 2.75) is 51.4 Å². The lowest BCUT2D eigenvalue weighted by Gasteiger charge is -2.35. The Balaban J connectivity index is 1.52. The SMILES string of the molecule is CCCNC(=O)N1CCC[C@]1(N)CNc1nc(C2=CNC3NC=CC=C23)ncc1CC. The van der Waals surface area contributed by atoms with Gasteiger partial charge in [-0.25, -0.2) is 14.8 Å². The van der Waals surface area contributed by atoms with Gasteiger partial charge in [-0.3, -0.25) is 0 Å². The molecule has 1 saturated heterocycles. The van der Waals surface area contributed by atoms with Crippen molar-refractivity contribution in [3.8, 4) is 0 Å². The maximum absolute atomic E-state index is 12.6. The predicted molar refractivity (Wildman–Crippen MR) is 122 cm³/mol. The summed E-state index contributed by atoms with van der Waals surface area (Å²) in [6.07, 6.45) is 13.2. The van der Waals surface area contributed by atoms with Gasteiger partial charge in [-0.2, -0.15) is 0 Å². The molecule has 2 atom stereocenters. The first-order valence-corrected chi connectivity index (χ1v) is 11.1. The lowest BCUT2D eigenvalue weighted by Crippen LogP contribution is -2.60. The smallest absolute Gasteiger partial charge is 0.318 e. The summed E-state index contributed by atoms with van der Waals surface area (Å²) < 4.78 is 0. The second-order valence-electron chi connectivity index (χ2n) is 8.17. The summed E-state index contributed by atoms with van der Waals surface area (Å²) in [5.74, 6) is 1.43. The molecule has 1 unspecified atom stereocenters. The Hall–Kier alpha value is -3.07. The van der Waals surface area contributed by atoms with Gasteiger partial charge in [0.15, 0.2) is 5.82 Å². The van der Waals surface area contributed by atoms with E-state index >= 15 is 0 Å². The number of hydrogen-bond donors (Lipinski definition) is 5. The van der Waals surface area contributed by atoms with Crippen LogP contribution in [0, 0.1) is 0 Å². The topological polar surface area (TPSA) is 120 Å². The third-order valence-electron chi connectivity index (χ3n) is 6.00. The molecule has 31 heavy (non-hydrogen) atoms. The van der Waals surface area contributed by atoms with Gasteiger partial charge in [0, 0.05) is 42.2 Å². The number of allylic oxidation sites excluding steroid dienone is 2. The second kappa shape index (κ2) is 8.97. The minimum absolute atomic E-state index is 0.0480. The van der Waals surface area contributed by atoms with Crippen molar-refractivity contribution in [2.24, 2.45) is 5.73 Å². The van der Waals surface area contributed by atoms with Crippen LogP contribution in [0.15, 0.2) is 36.3 Å². The summed E-state index contributed by atoms with van der Waals surface area (Å²) >= 11 is 0. The molecule has 0 radical (unpaired) electrons. The van der Waals surface area contributed by atoms with Crippen LogP contribution in [0.25, 0.3) is 5.57 Å². The lowest BCUT2D eigenvalue weighted by atomic mass is 10.0. The standard InChI is InChI=1S/C22H32N8O/c1-3-9-25-21(31)30-11-6-8-22(30,23)14-28-18-15(4-2)12-26-20(29-18)17-13-27-19-16(17)7-5-10-24-19/h5,7,10,12-13,19,24,27H,3-4,6,8-9,11,14,23H2,1-2H3,(H,25,31)(H,26,28,29)/t19?,22-/m1/s1. The van der Waals surface area contributed by atoms with Crippen molar-refractivity contribution in [2.75, 3.05) is 25.0 Å². The number of dihydropyridines is 1. The largest absolute Gasteiger partial charge is 0.368 e.